The molecule has 0 aromatic carbocycles. The second-order valence-corrected chi connectivity index (χ2v) is 11.0. The molecule has 0 unspecified atom stereocenters. The molecule has 31 heavy (non-hydrogen) atoms. The van der Waals surface area contributed by atoms with Crippen molar-refractivity contribution in [3.63, 3.8) is 0 Å². The van der Waals surface area contributed by atoms with Crippen molar-refractivity contribution >= 4 is 10.1 Å². The first-order valence-corrected chi connectivity index (χ1v) is 15.4. The molecule has 0 rings (SSSR count). The lowest BCUT2D eigenvalue weighted by molar-refractivity contribution is -0.880. The van der Waals surface area contributed by atoms with Gasteiger partial charge in [-0.25, -0.2) is 0 Å². The van der Waals surface area contributed by atoms with Crippen molar-refractivity contribution in [2.24, 2.45) is 0 Å². The van der Waals surface area contributed by atoms with Crippen LogP contribution in [0.3, 0.4) is 0 Å². The van der Waals surface area contributed by atoms with Crippen molar-refractivity contribution in [2.45, 2.75) is 142 Å². The van der Waals surface area contributed by atoms with Crippen molar-refractivity contribution in [3.05, 3.63) is 0 Å². The first-order valence-electron chi connectivity index (χ1n) is 13.5. The van der Waals surface area contributed by atoms with E-state index in [0.29, 0.717) is 6.26 Å². The molecular formula is C26H58NO3S+. The minimum absolute atomic E-state index is 0.715. The highest BCUT2D eigenvalue weighted by Gasteiger charge is 2.01. The molecule has 0 fully saturated rings. The molecule has 0 aromatic rings. The van der Waals surface area contributed by atoms with E-state index in [0.717, 1.165) is 0 Å². The number of unbranched alkanes of at least 4 members (excludes halogenated alkanes) is 18. The topological polar surface area (TPSA) is 58.8 Å². The molecule has 4 nitrogen and oxygen atoms in total. The summed E-state index contributed by atoms with van der Waals surface area (Å²) in [5.74, 6) is 0. The fourth-order valence-corrected chi connectivity index (χ4v) is 3.95. The predicted molar refractivity (Wildman–Crippen MR) is 138 cm³/mol. The van der Waals surface area contributed by atoms with E-state index >= 15 is 0 Å². The van der Waals surface area contributed by atoms with Gasteiger partial charge in [0.15, 0.2) is 0 Å². The normalized spacial score (nSPS) is 11.5. The summed E-state index contributed by atoms with van der Waals surface area (Å²) in [5, 5.41) is 0. The molecule has 190 valence electrons. The summed E-state index contributed by atoms with van der Waals surface area (Å²) in [5.41, 5.74) is 0. The van der Waals surface area contributed by atoms with Gasteiger partial charge in [-0.3, -0.25) is 4.55 Å². The van der Waals surface area contributed by atoms with Crippen LogP contribution in [0, 0.1) is 0 Å². The maximum Gasteiger partial charge on any atom is 0.261 e. The third-order valence-electron chi connectivity index (χ3n) is 5.91. The van der Waals surface area contributed by atoms with E-state index in [-0.39, 0.29) is 0 Å². The molecule has 0 amide bonds. The zero-order valence-electron chi connectivity index (χ0n) is 21.7. The zero-order valence-corrected chi connectivity index (χ0v) is 22.5. The summed E-state index contributed by atoms with van der Waals surface area (Å²) >= 11 is 0. The quantitative estimate of drug-likeness (QED) is 0.136. The first kappa shape index (κ1) is 33.0. The van der Waals surface area contributed by atoms with E-state index in [2.05, 4.69) is 20.9 Å². The van der Waals surface area contributed by atoms with Gasteiger partial charge in [-0.1, -0.05) is 117 Å². The standard InChI is InChI=1S/C25H53N.CH4O3S/c1-4-6-8-10-12-14-16-18-20-22-24-26(3)25-23-21-19-17-15-13-11-9-7-5-2;1-5(2,3)4/h4-25H2,1-3H3;1H3,(H,2,3,4)/p+1. The smallest absolute Gasteiger partial charge is 0.261 e. The van der Waals surface area contributed by atoms with Crippen LogP contribution in [0.15, 0.2) is 0 Å². The van der Waals surface area contributed by atoms with Crippen LogP contribution in [-0.4, -0.2) is 39.4 Å². The van der Waals surface area contributed by atoms with Crippen LogP contribution in [-0.2, 0) is 10.1 Å². The van der Waals surface area contributed by atoms with Crippen LogP contribution in [0.5, 0.6) is 0 Å². The summed E-state index contributed by atoms with van der Waals surface area (Å²) in [6, 6.07) is 0. The van der Waals surface area contributed by atoms with E-state index in [4.69, 9.17) is 4.55 Å². The van der Waals surface area contributed by atoms with Crippen molar-refractivity contribution in [3.8, 4) is 0 Å². The van der Waals surface area contributed by atoms with Crippen molar-refractivity contribution in [1.82, 2.24) is 0 Å². The predicted octanol–water partition coefficient (Wildman–Crippen LogP) is 6.85. The Bertz CT molecular complexity index is 394. The van der Waals surface area contributed by atoms with Crippen LogP contribution < -0.4 is 4.90 Å². The summed E-state index contributed by atoms with van der Waals surface area (Å²) in [6.07, 6.45) is 29.8. The van der Waals surface area contributed by atoms with Gasteiger partial charge in [-0.05, 0) is 25.7 Å². The number of nitrogens with one attached hydrogen (secondary N) is 1. The van der Waals surface area contributed by atoms with Crippen LogP contribution in [0.1, 0.15) is 142 Å². The molecule has 2 N–H and O–H groups in total. The molecule has 0 spiro atoms. The van der Waals surface area contributed by atoms with Gasteiger partial charge < -0.3 is 4.90 Å². The molecule has 0 aliphatic heterocycles. The molecule has 0 atom stereocenters. The van der Waals surface area contributed by atoms with Gasteiger partial charge in [-0.15, -0.1) is 0 Å². The van der Waals surface area contributed by atoms with E-state index < -0.39 is 10.1 Å². The molecular weight excluding hydrogens is 406 g/mol. The number of hydrogen-bond donors (Lipinski definition) is 2. The molecule has 0 bridgehead atoms. The van der Waals surface area contributed by atoms with Crippen LogP contribution in [0.2, 0.25) is 0 Å². The number of rotatable bonds is 22. The molecule has 0 radical (unpaired) electrons. The monoisotopic (exact) mass is 464 g/mol. The third kappa shape index (κ3) is 40.7. The van der Waals surface area contributed by atoms with Gasteiger partial charge in [0.1, 0.15) is 0 Å². The second kappa shape index (κ2) is 26.1. The van der Waals surface area contributed by atoms with Gasteiger partial charge in [-0.2, -0.15) is 8.42 Å². The average Bonchev–Trinajstić information content (AvgIpc) is 2.69. The third-order valence-corrected chi connectivity index (χ3v) is 5.91. The lowest BCUT2D eigenvalue weighted by atomic mass is 10.1. The van der Waals surface area contributed by atoms with Crippen molar-refractivity contribution in [2.75, 3.05) is 26.4 Å². The fourth-order valence-electron chi connectivity index (χ4n) is 3.95. The SMILES string of the molecule is CCCCCCCCCCCC[NH+](C)CCCCCCCCCCCC.CS(=O)(=O)O. The zero-order chi connectivity index (χ0) is 23.6. The van der Waals surface area contributed by atoms with Crippen LogP contribution >= 0.6 is 0 Å². The Morgan fingerprint density at radius 3 is 0.935 bits per heavy atom. The molecule has 0 aliphatic carbocycles. The fraction of sp³-hybridized carbons (Fsp3) is 1.00. The molecule has 5 heteroatoms. The highest BCUT2D eigenvalue weighted by molar-refractivity contribution is 7.85. The summed E-state index contributed by atoms with van der Waals surface area (Å²) in [4.78, 5) is 1.77. The van der Waals surface area contributed by atoms with E-state index in [1.54, 1.807) is 4.90 Å². The molecule has 0 heterocycles. The molecule has 0 saturated carbocycles. The van der Waals surface area contributed by atoms with Gasteiger partial charge in [0.05, 0.1) is 26.4 Å². The largest absolute Gasteiger partial charge is 0.337 e. The van der Waals surface area contributed by atoms with Gasteiger partial charge >= 0.3 is 0 Å². The van der Waals surface area contributed by atoms with E-state index in [1.807, 2.05) is 0 Å². The molecule has 0 aliphatic rings. The Morgan fingerprint density at radius 1 is 0.516 bits per heavy atom. The Hall–Kier alpha value is -0.130. The Balaban J connectivity index is 0. The summed E-state index contributed by atoms with van der Waals surface area (Å²) < 4.78 is 25.9. The Morgan fingerprint density at radius 2 is 0.710 bits per heavy atom. The minimum Gasteiger partial charge on any atom is -0.337 e. The number of quaternary nitrogens is 1. The maximum atomic E-state index is 9.19. The molecule has 0 aromatic heterocycles. The minimum atomic E-state index is -3.67. The second-order valence-electron chi connectivity index (χ2n) is 9.55. The Labute approximate surface area is 196 Å². The first-order chi connectivity index (χ1) is 14.8. The van der Waals surface area contributed by atoms with Crippen LogP contribution in [0.4, 0.5) is 0 Å². The van der Waals surface area contributed by atoms with Gasteiger partial charge in [0, 0.05) is 0 Å². The highest BCUT2D eigenvalue weighted by atomic mass is 32.2. The van der Waals surface area contributed by atoms with E-state index in [9.17, 15) is 8.42 Å². The lowest BCUT2D eigenvalue weighted by Gasteiger charge is -2.13. The molecule has 0 saturated heterocycles. The van der Waals surface area contributed by atoms with E-state index in [1.165, 1.54) is 142 Å². The lowest BCUT2D eigenvalue weighted by Crippen LogP contribution is -3.09. The summed E-state index contributed by atoms with van der Waals surface area (Å²) in [6.45, 7) is 7.40. The van der Waals surface area contributed by atoms with Gasteiger partial charge in [0.2, 0.25) is 0 Å². The Kier molecular flexibility index (Phi) is 27.8. The highest BCUT2D eigenvalue weighted by Crippen LogP contribution is 2.11. The summed E-state index contributed by atoms with van der Waals surface area (Å²) in [7, 11) is -1.26. The van der Waals surface area contributed by atoms with Crippen LogP contribution in [0.25, 0.3) is 0 Å². The maximum absolute atomic E-state index is 9.19. The van der Waals surface area contributed by atoms with Crippen molar-refractivity contribution in [1.29, 1.82) is 0 Å². The average molecular weight is 465 g/mol. The number of hydrogen-bond acceptors (Lipinski definition) is 2. The van der Waals surface area contributed by atoms with Crippen molar-refractivity contribution < 1.29 is 17.9 Å². The van der Waals surface area contributed by atoms with Gasteiger partial charge in [0.25, 0.3) is 10.1 Å².